The Balaban J connectivity index is 3.17. The van der Waals surface area contributed by atoms with Crippen molar-refractivity contribution in [3.63, 3.8) is 0 Å². The highest BCUT2D eigenvalue weighted by Gasteiger charge is 2.06. The molecule has 0 saturated heterocycles. The molecule has 0 aliphatic heterocycles. The van der Waals surface area contributed by atoms with Gasteiger partial charge in [0.2, 0.25) is 5.91 Å². The molecule has 108 valence electrons. The Morgan fingerprint density at radius 2 is 1.56 bits per heavy atom. The summed E-state index contributed by atoms with van der Waals surface area (Å²) < 4.78 is 0. The number of carbonyl (C=O) groups is 1. The first-order chi connectivity index (χ1) is 8.70. The van der Waals surface area contributed by atoms with Crippen molar-refractivity contribution in [3.05, 3.63) is 0 Å². The molecule has 0 spiro atoms. The lowest BCUT2D eigenvalue weighted by molar-refractivity contribution is -0.121. The predicted octanol–water partition coefficient (Wildman–Crippen LogP) is 3.37. The van der Waals surface area contributed by atoms with Crippen LogP contribution in [0.5, 0.6) is 0 Å². The van der Waals surface area contributed by atoms with Gasteiger partial charge in [-0.1, -0.05) is 58.8 Å². The van der Waals surface area contributed by atoms with Crippen LogP contribution in [0, 0.1) is 0 Å². The van der Waals surface area contributed by atoms with Crippen LogP contribution < -0.4 is 11.1 Å². The van der Waals surface area contributed by atoms with Crippen LogP contribution in [-0.4, -0.2) is 18.5 Å². The van der Waals surface area contributed by atoms with Gasteiger partial charge in [-0.05, 0) is 12.8 Å². The van der Waals surface area contributed by atoms with Gasteiger partial charge in [0, 0.05) is 19.0 Å². The molecule has 1 unspecified atom stereocenters. The summed E-state index contributed by atoms with van der Waals surface area (Å²) in [5, 5.41) is 2.94. The standard InChI is InChI=1S/C15H32N2O/c1-3-5-6-7-8-9-10-11-12-17-15(18)13-14(16)4-2/h14H,3-13,16H2,1-2H3,(H,17,18). The molecule has 3 heteroatoms. The number of hydrogen-bond acceptors (Lipinski definition) is 2. The Hall–Kier alpha value is -0.570. The third-order valence-corrected chi connectivity index (χ3v) is 3.32. The molecule has 0 radical (unpaired) electrons. The fraction of sp³-hybridized carbons (Fsp3) is 0.933. The second kappa shape index (κ2) is 12.9. The van der Waals surface area contributed by atoms with Crippen LogP contribution in [0.2, 0.25) is 0 Å². The number of hydrogen-bond donors (Lipinski definition) is 2. The summed E-state index contributed by atoms with van der Waals surface area (Å²) in [7, 11) is 0. The van der Waals surface area contributed by atoms with Crippen molar-refractivity contribution in [2.75, 3.05) is 6.54 Å². The molecule has 18 heavy (non-hydrogen) atoms. The van der Waals surface area contributed by atoms with Crippen LogP contribution >= 0.6 is 0 Å². The molecule has 0 fully saturated rings. The number of carbonyl (C=O) groups excluding carboxylic acids is 1. The SMILES string of the molecule is CCCCCCCCCCNC(=O)CC(N)CC. The number of nitrogens with one attached hydrogen (secondary N) is 1. The van der Waals surface area contributed by atoms with Gasteiger partial charge in [-0.3, -0.25) is 4.79 Å². The van der Waals surface area contributed by atoms with Gasteiger partial charge in [0.05, 0.1) is 0 Å². The van der Waals surface area contributed by atoms with E-state index in [1.54, 1.807) is 0 Å². The average molecular weight is 256 g/mol. The molecule has 3 nitrogen and oxygen atoms in total. The Morgan fingerprint density at radius 3 is 2.11 bits per heavy atom. The fourth-order valence-electron chi connectivity index (χ4n) is 1.94. The summed E-state index contributed by atoms with van der Waals surface area (Å²) in [5.74, 6) is 0.104. The monoisotopic (exact) mass is 256 g/mol. The van der Waals surface area contributed by atoms with E-state index in [0.717, 1.165) is 19.4 Å². The second-order valence-electron chi connectivity index (χ2n) is 5.20. The van der Waals surface area contributed by atoms with Gasteiger partial charge in [-0.15, -0.1) is 0 Å². The quantitative estimate of drug-likeness (QED) is 0.526. The number of rotatable bonds is 12. The zero-order valence-electron chi connectivity index (χ0n) is 12.3. The molecule has 1 amide bonds. The summed E-state index contributed by atoms with van der Waals surface area (Å²) >= 11 is 0. The van der Waals surface area contributed by atoms with Gasteiger partial charge in [0.1, 0.15) is 0 Å². The van der Waals surface area contributed by atoms with Crippen LogP contribution in [0.15, 0.2) is 0 Å². The predicted molar refractivity (Wildman–Crippen MR) is 78.5 cm³/mol. The Bertz CT molecular complexity index is 195. The van der Waals surface area contributed by atoms with Crippen LogP contribution in [0.3, 0.4) is 0 Å². The minimum Gasteiger partial charge on any atom is -0.356 e. The van der Waals surface area contributed by atoms with Crippen molar-refractivity contribution in [1.29, 1.82) is 0 Å². The second-order valence-corrected chi connectivity index (χ2v) is 5.20. The number of amides is 1. The van der Waals surface area contributed by atoms with Crippen molar-refractivity contribution >= 4 is 5.91 Å². The lowest BCUT2D eigenvalue weighted by Crippen LogP contribution is -2.31. The van der Waals surface area contributed by atoms with Gasteiger partial charge in [0.25, 0.3) is 0 Å². The van der Waals surface area contributed by atoms with E-state index in [9.17, 15) is 4.79 Å². The van der Waals surface area contributed by atoms with E-state index in [1.807, 2.05) is 6.92 Å². The van der Waals surface area contributed by atoms with Crippen molar-refractivity contribution < 1.29 is 4.79 Å². The largest absolute Gasteiger partial charge is 0.356 e. The third kappa shape index (κ3) is 11.9. The van der Waals surface area contributed by atoms with E-state index in [2.05, 4.69) is 12.2 Å². The van der Waals surface area contributed by atoms with Crippen LogP contribution in [-0.2, 0) is 4.79 Å². The summed E-state index contributed by atoms with van der Waals surface area (Å²) in [6.07, 6.45) is 11.7. The van der Waals surface area contributed by atoms with Crippen molar-refractivity contribution in [2.24, 2.45) is 5.73 Å². The van der Waals surface area contributed by atoms with E-state index in [0.29, 0.717) is 6.42 Å². The topological polar surface area (TPSA) is 55.1 Å². The van der Waals surface area contributed by atoms with E-state index >= 15 is 0 Å². The highest BCUT2D eigenvalue weighted by molar-refractivity contribution is 5.76. The Kier molecular flexibility index (Phi) is 12.5. The van der Waals surface area contributed by atoms with Gasteiger partial charge in [-0.2, -0.15) is 0 Å². The van der Waals surface area contributed by atoms with E-state index < -0.39 is 0 Å². The van der Waals surface area contributed by atoms with Gasteiger partial charge < -0.3 is 11.1 Å². The number of unbranched alkanes of at least 4 members (excludes halogenated alkanes) is 7. The minimum atomic E-state index is 0.0172. The normalized spacial score (nSPS) is 12.4. The molecule has 1 atom stereocenters. The lowest BCUT2D eigenvalue weighted by atomic mass is 10.1. The van der Waals surface area contributed by atoms with Crippen molar-refractivity contribution in [1.82, 2.24) is 5.32 Å². The van der Waals surface area contributed by atoms with Crippen molar-refractivity contribution in [3.8, 4) is 0 Å². The average Bonchev–Trinajstić information content (AvgIpc) is 2.36. The molecule has 0 aromatic carbocycles. The van der Waals surface area contributed by atoms with E-state index in [4.69, 9.17) is 5.73 Å². The summed E-state index contributed by atoms with van der Waals surface area (Å²) in [6, 6.07) is 0.0172. The van der Waals surface area contributed by atoms with Crippen LogP contribution in [0.1, 0.15) is 78.1 Å². The molecular formula is C15H32N2O. The van der Waals surface area contributed by atoms with Gasteiger partial charge in [0.15, 0.2) is 0 Å². The first-order valence-electron chi connectivity index (χ1n) is 7.73. The third-order valence-electron chi connectivity index (χ3n) is 3.32. The summed E-state index contributed by atoms with van der Waals surface area (Å²) in [4.78, 5) is 11.4. The molecule has 0 aliphatic carbocycles. The highest BCUT2D eigenvalue weighted by Crippen LogP contribution is 2.07. The molecule has 0 saturated carbocycles. The Labute approximate surface area is 113 Å². The maximum atomic E-state index is 11.4. The van der Waals surface area contributed by atoms with Crippen LogP contribution in [0.25, 0.3) is 0 Å². The molecule has 0 bridgehead atoms. The smallest absolute Gasteiger partial charge is 0.221 e. The highest BCUT2D eigenvalue weighted by atomic mass is 16.1. The molecule has 0 rings (SSSR count). The minimum absolute atomic E-state index is 0.0172. The fourth-order valence-corrected chi connectivity index (χ4v) is 1.94. The zero-order chi connectivity index (χ0) is 13.6. The first kappa shape index (κ1) is 17.4. The first-order valence-corrected chi connectivity index (χ1v) is 7.73. The maximum absolute atomic E-state index is 11.4. The summed E-state index contributed by atoms with van der Waals surface area (Å²) in [6.45, 7) is 5.06. The van der Waals surface area contributed by atoms with Crippen molar-refractivity contribution in [2.45, 2.75) is 84.1 Å². The number of nitrogens with two attached hydrogens (primary N) is 1. The molecule has 3 N–H and O–H groups in total. The van der Waals surface area contributed by atoms with Gasteiger partial charge in [-0.25, -0.2) is 0 Å². The van der Waals surface area contributed by atoms with E-state index in [-0.39, 0.29) is 11.9 Å². The zero-order valence-corrected chi connectivity index (χ0v) is 12.3. The maximum Gasteiger partial charge on any atom is 0.221 e. The van der Waals surface area contributed by atoms with E-state index in [1.165, 1.54) is 44.9 Å². The molecular weight excluding hydrogens is 224 g/mol. The molecule has 0 aliphatic rings. The van der Waals surface area contributed by atoms with Crippen LogP contribution in [0.4, 0.5) is 0 Å². The molecule has 0 aromatic heterocycles. The molecule has 0 heterocycles. The summed E-state index contributed by atoms with van der Waals surface area (Å²) in [5.41, 5.74) is 5.72. The Morgan fingerprint density at radius 1 is 1.00 bits per heavy atom. The molecule has 0 aromatic rings. The van der Waals surface area contributed by atoms with Gasteiger partial charge >= 0.3 is 0 Å². The lowest BCUT2D eigenvalue weighted by Gasteiger charge is -2.09.